The molecular weight excluding hydrogens is 657 g/mol. The van der Waals surface area contributed by atoms with Gasteiger partial charge in [-0.1, -0.05) is 91.3 Å². The number of carbonyl (C=O) groups excluding carboxylic acids is 2. The van der Waals surface area contributed by atoms with Crippen molar-refractivity contribution in [3.63, 3.8) is 0 Å². The van der Waals surface area contributed by atoms with Crippen molar-refractivity contribution in [1.29, 1.82) is 0 Å². The normalized spacial score (nSPS) is 17.2. The Kier molecular flexibility index (Phi) is 13.6. The first-order chi connectivity index (χ1) is 24.3. The number of aliphatic hydroxyl groups is 1. The van der Waals surface area contributed by atoms with Crippen LogP contribution < -0.4 is 10.8 Å². The van der Waals surface area contributed by atoms with Crippen molar-refractivity contribution in [2.45, 2.75) is 75.1 Å². The van der Waals surface area contributed by atoms with Gasteiger partial charge in [0.05, 0.1) is 24.4 Å². The van der Waals surface area contributed by atoms with E-state index in [1.165, 1.54) is 11.8 Å². The predicted octanol–water partition coefficient (Wildman–Crippen LogP) is 6.95. The standard InChI is InChI=1S/C39H42N2O8S/c42-24-26-14-16-28(17-15-26)34-22-31(25-50-35-11-7-6-10-33(35)38(45)46)48-39(49-34)29-20-18-27(19-21-29)32-9-5-4-8-30(32)23-40-36(43)12-2-1-3-13-37(44)41-47/h4-11,14-21,31,34,39,42,47H,1-3,12-13,22-25H2,(H,40,43)(H,41,44)(H,45,46). The molecule has 0 aliphatic carbocycles. The van der Waals surface area contributed by atoms with E-state index in [1.54, 1.807) is 17.6 Å². The lowest BCUT2D eigenvalue weighted by molar-refractivity contribution is -0.245. The molecule has 0 spiro atoms. The number of ether oxygens (including phenoxy) is 2. The molecule has 0 bridgehead atoms. The van der Waals surface area contributed by atoms with Crippen LogP contribution in [0.4, 0.5) is 0 Å². The monoisotopic (exact) mass is 698 g/mol. The highest BCUT2D eigenvalue weighted by Gasteiger charge is 2.32. The van der Waals surface area contributed by atoms with Crippen LogP contribution in [0.15, 0.2) is 102 Å². The number of thioether (sulfide) groups is 1. The summed E-state index contributed by atoms with van der Waals surface area (Å²) in [6.45, 7) is 0.330. The summed E-state index contributed by atoms with van der Waals surface area (Å²) in [6, 6.07) is 30.5. The largest absolute Gasteiger partial charge is 0.478 e. The topological polar surface area (TPSA) is 154 Å². The Morgan fingerprint density at radius 1 is 0.780 bits per heavy atom. The molecule has 4 aromatic carbocycles. The van der Waals surface area contributed by atoms with Gasteiger partial charge in [-0.05, 0) is 52.8 Å². The van der Waals surface area contributed by atoms with Gasteiger partial charge in [0.15, 0.2) is 6.29 Å². The number of hydrogen-bond donors (Lipinski definition) is 5. The van der Waals surface area contributed by atoms with E-state index < -0.39 is 18.2 Å². The van der Waals surface area contributed by atoms with Crippen LogP contribution in [-0.2, 0) is 32.2 Å². The molecule has 1 aliphatic heterocycles. The molecule has 2 amide bonds. The highest BCUT2D eigenvalue weighted by molar-refractivity contribution is 7.99. The molecule has 10 nitrogen and oxygen atoms in total. The zero-order valence-corrected chi connectivity index (χ0v) is 28.4. The summed E-state index contributed by atoms with van der Waals surface area (Å²) in [6.07, 6.45) is 1.98. The van der Waals surface area contributed by atoms with Crippen LogP contribution in [-0.4, -0.2) is 45.1 Å². The van der Waals surface area contributed by atoms with E-state index in [-0.39, 0.29) is 36.7 Å². The molecule has 1 fully saturated rings. The van der Waals surface area contributed by atoms with Crippen LogP contribution in [0.25, 0.3) is 11.1 Å². The Morgan fingerprint density at radius 3 is 2.18 bits per heavy atom. The number of hydroxylamine groups is 1. The molecule has 3 unspecified atom stereocenters. The van der Waals surface area contributed by atoms with Crippen molar-refractivity contribution in [3.05, 3.63) is 125 Å². The van der Waals surface area contributed by atoms with Gasteiger partial charge in [0, 0.05) is 42.0 Å². The third-order valence-electron chi connectivity index (χ3n) is 8.58. The summed E-state index contributed by atoms with van der Waals surface area (Å²) in [4.78, 5) is 36.1. The zero-order valence-electron chi connectivity index (χ0n) is 27.6. The average Bonchev–Trinajstić information content (AvgIpc) is 3.16. The maximum Gasteiger partial charge on any atom is 0.336 e. The van der Waals surface area contributed by atoms with Gasteiger partial charge in [0.1, 0.15) is 0 Å². The first kappa shape index (κ1) is 36.8. The van der Waals surface area contributed by atoms with E-state index in [9.17, 15) is 24.6 Å². The second-order valence-electron chi connectivity index (χ2n) is 12.1. The lowest BCUT2D eigenvalue weighted by Gasteiger charge is -2.36. The Labute approximate surface area is 295 Å². The molecule has 5 rings (SSSR count). The SMILES string of the molecule is O=C(CCCCCC(=O)NCc1ccccc1-c1ccc(C2OC(CSc3ccccc3C(=O)O)CC(c3ccc(CO)cc3)O2)cc1)NO. The smallest absolute Gasteiger partial charge is 0.336 e. The second kappa shape index (κ2) is 18.5. The number of aliphatic hydroxyl groups excluding tert-OH is 1. The van der Waals surface area contributed by atoms with Gasteiger partial charge < -0.3 is 25.0 Å². The first-order valence-electron chi connectivity index (χ1n) is 16.7. The van der Waals surface area contributed by atoms with Crippen molar-refractivity contribution in [3.8, 4) is 11.1 Å². The molecule has 1 heterocycles. The molecule has 1 aliphatic rings. The van der Waals surface area contributed by atoms with Crippen molar-refractivity contribution < 1.29 is 39.3 Å². The minimum absolute atomic E-state index is 0.0450. The zero-order chi connectivity index (χ0) is 35.3. The Balaban J connectivity index is 1.26. The van der Waals surface area contributed by atoms with Crippen molar-refractivity contribution in [2.75, 3.05) is 5.75 Å². The molecule has 4 aromatic rings. The van der Waals surface area contributed by atoms with Crippen LogP contribution in [0.1, 0.15) is 83.5 Å². The summed E-state index contributed by atoms with van der Waals surface area (Å²) < 4.78 is 13.0. The van der Waals surface area contributed by atoms with Gasteiger partial charge in [-0.25, -0.2) is 10.3 Å². The van der Waals surface area contributed by atoms with Gasteiger partial charge in [-0.15, -0.1) is 11.8 Å². The maximum atomic E-state index is 12.5. The van der Waals surface area contributed by atoms with E-state index in [0.717, 1.165) is 33.4 Å². The fraction of sp³-hybridized carbons (Fsp3) is 0.308. The van der Waals surface area contributed by atoms with Crippen LogP contribution in [0.5, 0.6) is 0 Å². The van der Waals surface area contributed by atoms with E-state index >= 15 is 0 Å². The molecule has 262 valence electrons. The van der Waals surface area contributed by atoms with Crippen molar-refractivity contribution in [1.82, 2.24) is 10.8 Å². The van der Waals surface area contributed by atoms with Gasteiger partial charge >= 0.3 is 5.97 Å². The fourth-order valence-electron chi connectivity index (χ4n) is 5.84. The summed E-state index contributed by atoms with van der Waals surface area (Å²) >= 11 is 1.45. The third kappa shape index (κ3) is 10.3. The molecule has 1 saturated heterocycles. The predicted molar refractivity (Wildman–Crippen MR) is 189 cm³/mol. The number of benzene rings is 4. The number of aromatic carboxylic acids is 1. The van der Waals surface area contributed by atoms with E-state index in [1.807, 2.05) is 84.9 Å². The molecule has 0 aromatic heterocycles. The number of nitrogens with one attached hydrogen (secondary N) is 2. The number of carboxylic acids is 1. The Bertz CT molecular complexity index is 1730. The number of rotatable bonds is 16. The number of unbranched alkanes of at least 4 members (excludes halogenated alkanes) is 2. The van der Waals surface area contributed by atoms with E-state index in [0.29, 0.717) is 49.3 Å². The summed E-state index contributed by atoms with van der Waals surface area (Å²) in [5.74, 6) is -0.920. The summed E-state index contributed by atoms with van der Waals surface area (Å²) in [5, 5.41) is 30.8. The van der Waals surface area contributed by atoms with Crippen molar-refractivity contribution in [2.24, 2.45) is 0 Å². The van der Waals surface area contributed by atoms with Crippen LogP contribution in [0.2, 0.25) is 0 Å². The molecule has 0 radical (unpaired) electrons. The molecule has 50 heavy (non-hydrogen) atoms. The number of hydrogen-bond acceptors (Lipinski definition) is 8. The Morgan fingerprint density at radius 2 is 1.46 bits per heavy atom. The number of carbonyl (C=O) groups is 3. The third-order valence-corrected chi connectivity index (χ3v) is 9.78. The molecule has 5 N–H and O–H groups in total. The second-order valence-corrected chi connectivity index (χ2v) is 13.2. The quantitative estimate of drug-likeness (QED) is 0.0362. The molecule has 3 atom stereocenters. The van der Waals surface area contributed by atoms with Gasteiger partial charge in [0.25, 0.3) is 0 Å². The minimum atomic E-state index is -0.969. The van der Waals surface area contributed by atoms with Gasteiger partial charge in [0.2, 0.25) is 11.8 Å². The highest BCUT2D eigenvalue weighted by Crippen LogP contribution is 2.40. The van der Waals surface area contributed by atoms with Crippen LogP contribution >= 0.6 is 11.8 Å². The van der Waals surface area contributed by atoms with Crippen LogP contribution in [0, 0.1) is 0 Å². The number of carboxylic acid groups (broad SMARTS) is 1. The average molecular weight is 699 g/mol. The molecular formula is C39H42N2O8S. The Hall–Kier alpha value is -4.52. The summed E-state index contributed by atoms with van der Waals surface area (Å²) in [5.41, 5.74) is 7.44. The first-order valence-corrected chi connectivity index (χ1v) is 17.7. The fourth-order valence-corrected chi connectivity index (χ4v) is 6.90. The highest BCUT2D eigenvalue weighted by atomic mass is 32.2. The lowest BCUT2D eigenvalue weighted by atomic mass is 9.97. The number of amides is 2. The van der Waals surface area contributed by atoms with Crippen molar-refractivity contribution >= 4 is 29.5 Å². The molecule has 0 saturated carbocycles. The van der Waals surface area contributed by atoms with Crippen LogP contribution in [0.3, 0.4) is 0 Å². The molecule has 11 heteroatoms. The summed E-state index contributed by atoms with van der Waals surface area (Å²) in [7, 11) is 0. The maximum absolute atomic E-state index is 12.5. The van der Waals surface area contributed by atoms with E-state index in [2.05, 4.69) is 5.32 Å². The minimum Gasteiger partial charge on any atom is -0.478 e. The lowest BCUT2D eigenvalue weighted by Crippen LogP contribution is -2.31. The van der Waals surface area contributed by atoms with Gasteiger partial charge in [-0.2, -0.15) is 0 Å². The van der Waals surface area contributed by atoms with Gasteiger partial charge in [-0.3, -0.25) is 14.8 Å². The van der Waals surface area contributed by atoms with E-state index in [4.69, 9.17) is 14.7 Å².